The topological polar surface area (TPSA) is 54.5 Å². The monoisotopic (exact) mass is 439 g/mol. The van der Waals surface area contributed by atoms with Crippen molar-refractivity contribution in [2.75, 3.05) is 29.9 Å². The number of pyridine rings is 1. The van der Waals surface area contributed by atoms with Gasteiger partial charge in [-0.05, 0) is 31.0 Å². The number of benzene rings is 1. The number of carbonyl (C=O) groups is 1. The molecule has 30 heavy (non-hydrogen) atoms. The molecule has 0 spiro atoms. The van der Waals surface area contributed by atoms with Crippen molar-refractivity contribution in [1.29, 1.82) is 0 Å². The van der Waals surface area contributed by atoms with E-state index in [9.17, 15) is 18.0 Å². The molecule has 2 aromatic rings. The summed E-state index contributed by atoms with van der Waals surface area (Å²) in [5.74, 6) is 0.607. The summed E-state index contributed by atoms with van der Waals surface area (Å²) >= 11 is 6.02. The van der Waals surface area contributed by atoms with Gasteiger partial charge in [0.25, 0.3) is 0 Å². The minimum atomic E-state index is -4.49. The lowest BCUT2D eigenvalue weighted by Gasteiger charge is -2.32. The highest BCUT2D eigenvalue weighted by Gasteiger charge is 2.33. The van der Waals surface area contributed by atoms with Gasteiger partial charge in [-0.3, -0.25) is 4.79 Å². The second-order valence-electron chi connectivity index (χ2n) is 6.91. The van der Waals surface area contributed by atoms with Gasteiger partial charge in [-0.15, -0.1) is 0 Å². The normalized spacial score (nSPS) is 15.0. The molecule has 2 heterocycles. The molecule has 0 aliphatic carbocycles. The minimum Gasteiger partial charge on any atom is -0.489 e. The number of carbonyl (C=O) groups excluding carboxylic acids is 1. The Morgan fingerprint density at radius 3 is 2.70 bits per heavy atom. The predicted molar refractivity (Wildman–Crippen MR) is 110 cm³/mol. The van der Waals surface area contributed by atoms with E-state index in [-0.39, 0.29) is 16.8 Å². The third kappa shape index (κ3) is 5.44. The van der Waals surface area contributed by atoms with Gasteiger partial charge in [0.1, 0.15) is 18.2 Å². The van der Waals surface area contributed by atoms with Crippen molar-refractivity contribution >= 4 is 29.0 Å². The smallest absolute Gasteiger partial charge is 0.417 e. The van der Waals surface area contributed by atoms with E-state index < -0.39 is 11.7 Å². The van der Waals surface area contributed by atoms with Gasteiger partial charge in [0.05, 0.1) is 10.6 Å². The van der Waals surface area contributed by atoms with Crippen LogP contribution in [0.2, 0.25) is 5.02 Å². The third-order valence-corrected chi connectivity index (χ3v) is 5.06. The van der Waals surface area contributed by atoms with Gasteiger partial charge < -0.3 is 15.0 Å². The number of rotatable bonds is 6. The molecule has 1 aromatic heterocycles. The van der Waals surface area contributed by atoms with Crippen molar-refractivity contribution < 1.29 is 22.7 Å². The first-order chi connectivity index (χ1) is 14.3. The van der Waals surface area contributed by atoms with Gasteiger partial charge in [0.15, 0.2) is 0 Å². The molecule has 0 saturated carbocycles. The molecule has 1 aromatic carbocycles. The number of hydrogen-bond donors (Lipinski definition) is 1. The van der Waals surface area contributed by atoms with Crippen molar-refractivity contribution in [2.24, 2.45) is 5.92 Å². The summed E-state index contributed by atoms with van der Waals surface area (Å²) in [6.45, 7) is 4.91. The Hall–Kier alpha value is -2.74. The molecule has 1 fully saturated rings. The lowest BCUT2D eigenvalue weighted by Crippen LogP contribution is -2.38. The Labute approximate surface area is 177 Å². The summed E-state index contributed by atoms with van der Waals surface area (Å²) in [6.07, 6.45) is -0.998. The quantitative estimate of drug-likeness (QED) is 0.630. The Bertz CT molecular complexity index is 913. The van der Waals surface area contributed by atoms with Crippen LogP contribution in [0.4, 0.5) is 24.7 Å². The summed E-state index contributed by atoms with van der Waals surface area (Å²) in [6, 6.07) is 7.97. The molecule has 9 heteroatoms. The van der Waals surface area contributed by atoms with Crippen LogP contribution in [0.25, 0.3) is 0 Å². The third-order valence-electron chi connectivity index (χ3n) is 4.78. The molecule has 0 bridgehead atoms. The number of nitrogens with zero attached hydrogens (tertiary/aromatic N) is 2. The van der Waals surface area contributed by atoms with Crippen LogP contribution in [0.3, 0.4) is 0 Å². The van der Waals surface area contributed by atoms with E-state index in [0.717, 1.165) is 12.3 Å². The summed E-state index contributed by atoms with van der Waals surface area (Å²) in [4.78, 5) is 18.3. The second-order valence-corrected chi connectivity index (χ2v) is 7.31. The molecule has 160 valence electrons. The zero-order valence-electron chi connectivity index (χ0n) is 16.1. The first-order valence-electron chi connectivity index (χ1n) is 9.40. The second kappa shape index (κ2) is 9.38. The molecule has 3 rings (SSSR count). The molecule has 1 aliphatic heterocycles. The number of halogens is 4. The number of alkyl halides is 3. The van der Waals surface area contributed by atoms with Crippen LogP contribution in [0.15, 0.2) is 49.2 Å². The van der Waals surface area contributed by atoms with Crippen LogP contribution in [-0.4, -0.2) is 30.6 Å². The first kappa shape index (κ1) is 22.0. The van der Waals surface area contributed by atoms with Crippen molar-refractivity contribution in [2.45, 2.75) is 19.0 Å². The fraction of sp³-hybridized carbons (Fsp3) is 0.333. The standard InChI is InChI=1S/C21H21ClF3N3O2/c1-2-10-30-17-5-3-4-16(12-17)27-20(29)14-6-8-28(9-7-14)19-18(22)11-15(13-26-19)21(23,24)25/h2-5,11-14H,1,6-10H2,(H,27,29). The number of piperidine rings is 1. The number of nitrogens with one attached hydrogen (secondary N) is 1. The van der Waals surface area contributed by atoms with Gasteiger partial charge in [-0.25, -0.2) is 4.98 Å². The van der Waals surface area contributed by atoms with Crippen molar-refractivity contribution in [1.82, 2.24) is 4.98 Å². The maximum Gasteiger partial charge on any atom is 0.417 e. The van der Waals surface area contributed by atoms with E-state index in [2.05, 4.69) is 16.9 Å². The van der Waals surface area contributed by atoms with Crippen LogP contribution in [-0.2, 0) is 11.0 Å². The number of aromatic nitrogens is 1. The predicted octanol–water partition coefficient (Wildman–Crippen LogP) is 5.17. The summed E-state index contributed by atoms with van der Waals surface area (Å²) < 4.78 is 43.8. The average Bonchev–Trinajstić information content (AvgIpc) is 2.72. The number of amides is 1. The van der Waals surface area contributed by atoms with Crippen molar-refractivity contribution in [3.8, 4) is 5.75 Å². The van der Waals surface area contributed by atoms with Crippen LogP contribution < -0.4 is 15.0 Å². The lowest BCUT2D eigenvalue weighted by molar-refractivity contribution is -0.137. The molecule has 1 amide bonds. The average molecular weight is 440 g/mol. The molecule has 1 N–H and O–H groups in total. The molecular formula is C21H21ClF3N3O2. The van der Waals surface area contributed by atoms with Gasteiger partial charge in [0.2, 0.25) is 5.91 Å². The summed E-state index contributed by atoms with van der Waals surface area (Å²) in [7, 11) is 0. The SMILES string of the molecule is C=CCOc1cccc(NC(=O)C2CCN(c3ncc(C(F)(F)F)cc3Cl)CC2)c1. The van der Waals surface area contributed by atoms with Crippen molar-refractivity contribution in [3.05, 3.63) is 59.8 Å². The van der Waals surface area contributed by atoms with Gasteiger partial charge >= 0.3 is 6.18 Å². The van der Waals surface area contributed by atoms with Gasteiger partial charge in [-0.2, -0.15) is 13.2 Å². The zero-order chi connectivity index (χ0) is 21.7. The highest BCUT2D eigenvalue weighted by atomic mass is 35.5. The first-order valence-corrected chi connectivity index (χ1v) is 9.78. The van der Waals surface area contributed by atoms with Gasteiger partial charge in [-0.1, -0.05) is 30.3 Å². The largest absolute Gasteiger partial charge is 0.489 e. The maximum absolute atomic E-state index is 12.8. The molecule has 0 atom stereocenters. The highest BCUT2D eigenvalue weighted by Crippen LogP contribution is 2.34. The van der Waals surface area contributed by atoms with E-state index in [0.29, 0.717) is 49.8 Å². The lowest BCUT2D eigenvalue weighted by atomic mass is 9.95. The van der Waals surface area contributed by atoms with Gasteiger partial charge in [0, 0.05) is 37.0 Å². The van der Waals surface area contributed by atoms with E-state index >= 15 is 0 Å². The van der Waals surface area contributed by atoms with E-state index in [1.54, 1.807) is 35.2 Å². The number of anilines is 2. The molecule has 0 radical (unpaired) electrons. The van der Waals surface area contributed by atoms with E-state index in [1.165, 1.54) is 0 Å². The highest BCUT2D eigenvalue weighted by molar-refractivity contribution is 6.33. The molecule has 1 aliphatic rings. The zero-order valence-corrected chi connectivity index (χ0v) is 16.8. The summed E-state index contributed by atoms with van der Waals surface area (Å²) in [5, 5.41) is 2.84. The summed E-state index contributed by atoms with van der Waals surface area (Å²) in [5.41, 5.74) is -0.249. The maximum atomic E-state index is 12.8. The Kier molecular flexibility index (Phi) is 6.87. The Morgan fingerprint density at radius 1 is 1.33 bits per heavy atom. The number of hydrogen-bond acceptors (Lipinski definition) is 4. The van der Waals surface area contributed by atoms with E-state index in [4.69, 9.17) is 16.3 Å². The van der Waals surface area contributed by atoms with E-state index in [1.807, 2.05) is 0 Å². The fourth-order valence-corrected chi connectivity index (χ4v) is 3.52. The molecular weight excluding hydrogens is 419 g/mol. The van der Waals surface area contributed by atoms with Crippen LogP contribution >= 0.6 is 11.6 Å². The number of ether oxygens (including phenoxy) is 1. The van der Waals surface area contributed by atoms with Crippen molar-refractivity contribution in [3.63, 3.8) is 0 Å². The van der Waals surface area contributed by atoms with Crippen LogP contribution in [0.1, 0.15) is 18.4 Å². The molecule has 5 nitrogen and oxygen atoms in total. The Morgan fingerprint density at radius 2 is 2.07 bits per heavy atom. The Balaban J connectivity index is 1.58. The molecule has 0 unspecified atom stereocenters. The van der Waals surface area contributed by atoms with Crippen LogP contribution in [0, 0.1) is 5.92 Å². The fourth-order valence-electron chi connectivity index (χ4n) is 3.24. The molecule has 1 saturated heterocycles. The minimum absolute atomic E-state index is 0.0518. The van der Waals surface area contributed by atoms with Crippen LogP contribution in [0.5, 0.6) is 5.75 Å².